The highest BCUT2D eigenvalue weighted by molar-refractivity contribution is 7.10. The molecule has 1 aliphatic rings. The lowest BCUT2D eigenvalue weighted by molar-refractivity contribution is 0.0572. The lowest BCUT2D eigenvalue weighted by Gasteiger charge is -2.33. The van der Waals surface area contributed by atoms with Crippen molar-refractivity contribution >= 4 is 11.3 Å². The van der Waals surface area contributed by atoms with Gasteiger partial charge in [0.1, 0.15) is 11.5 Å². The van der Waals surface area contributed by atoms with E-state index in [2.05, 4.69) is 15.1 Å². The van der Waals surface area contributed by atoms with Crippen LogP contribution in [0.4, 0.5) is 0 Å². The summed E-state index contributed by atoms with van der Waals surface area (Å²) in [7, 11) is 0. The van der Waals surface area contributed by atoms with Gasteiger partial charge < -0.3 is 9.52 Å². The number of piperidine rings is 1. The van der Waals surface area contributed by atoms with Crippen LogP contribution in [0.25, 0.3) is 11.5 Å². The molecule has 6 heteroatoms. The number of furan rings is 1. The molecule has 126 valence electrons. The first kappa shape index (κ1) is 15.6. The maximum Gasteiger partial charge on any atom is 0.152 e. The summed E-state index contributed by atoms with van der Waals surface area (Å²) in [6, 6.07) is 9.95. The number of likely N-dealkylation sites (tertiary alicyclic amines) is 1. The van der Waals surface area contributed by atoms with E-state index in [4.69, 9.17) is 4.42 Å². The molecule has 0 aliphatic carbocycles. The predicted octanol–water partition coefficient (Wildman–Crippen LogP) is 3.68. The van der Waals surface area contributed by atoms with Gasteiger partial charge in [0.15, 0.2) is 5.76 Å². The average molecular weight is 343 g/mol. The predicted molar refractivity (Wildman–Crippen MR) is 93.6 cm³/mol. The molecular formula is C18H21N3O2S. The summed E-state index contributed by atoms with van der Waals surface area (Å²) in [5.41, 5.74) is 0.902. The summed E-state index contributed by atoms with van der Waals surface area (Å²) < 4.78 is 5.90. The molecule has 0 saturated carbocycles. The van der Waals surface area contributed by atoms with Gasteiger partial charge in [-0.1, -0.05) is 6.07 Å². The molecule has 2 N–H and O–H groups in total. The molecule has 0 unspecified atom stereocenters. The molecule has 1 aliphatic heterocycles. The second-order valence-corrected chi connectivity index (χ2v) is 7.29. The average Bonchev–Trinajstić information content (AvgIpc) is 3.36. The highest BCUT2D eigenvalue weighted by Gasteiger charge is 2.27. The van der Waals surface area contributed by atoms with E-state index in [1.165, 1.54) is 0 Å². The lowest BCUT2D eigenvalue weighted by Crippen LogP contribution is -2.35. The molecular weight excluding hydrogens is 322 g/mol. The normalized spacial score (nSPS) is 18.0. The molecule has 4 rings (SSSR count). The Morgan fingerprint density at radius 2 is 2.17 bits per heavy atom. The van der Waals surface area contributed by atoms with Gasteiger partial charge in [0.05, 0.1) is 12.6 Å². The van der Waals surface area contributed by atoms with Crippen LogP contribution in [0.2, 0.25) is 0 Å². The van der Waals surface area contributed by atoms with Crippen LogP contribution in [0, 0.1) is 5.92 Å². The van der Waals surface area contributed by atoms with Crippen molar-refractivity contribution < 1.29 is 9.52 Å². The molecule has 3 aromatic rings. The van der Waals surface area contributed by atoms with Gasteiger partial charge >= 0.3 is 0 Å². The third-order valence-corrected chi connectivity index (χ3v) is 5.66. The number of nitrogens with zero attached hydrogens (tertiary/aromatic N) is 2. The van der Waals surface area contributed by atoms with Gasteiger partial charge in [-0.25, -0.2) is 0 Å². The Labute approximate surface area is 144 Å². The molecule has 5 nitrogen and oxygen atoms in total. The fraction of sp³-hybridized carbons (Fsp3) is 0.389. The number of hydrogen-bond donors (Lipinski definition) is 2. The van der Waals surface area contributed by atoms with Crippen molar-refractivity contribution in [1.29, 1.82) is 0 Å². The number of aliphatic hydroxyl groups is 1. The van der Waals surface area contributed by atoms with E-state index in [1.54, 1.807) is 17.5 Å². The van der Waals surface area contributed by atoms with Gasteiger partial charge in [-0.2, -0.15) is 5.10 Å². The Kier molecular flexibility index (Phi) is 4.51. The van der Waals surface area contributed by atoms with E-state index in [9.17, 15) is 5.11 Å². The molecule has 1 saturated heterocycles. The smallest absolute Gasteiger partial charge is 0.152 e. The van der Waals surface area contributed by atoms with E-state index < -0.39 is 0 Å². The van der Waals surface area contributed by atoms with Crippen LogP contribution < -0.4 is 0 Å². The van der Waals surface area contributed by atoms with Crippen molar-refractivity contribution in [2.75, 3.05) is 13.1 Å². The van der Waals surface area contributed by atoms with Crippen molar-refractivity contribution in [2.45, 2.75) is 25.5 Å². The number of thiophene rings is 1. The molecule has 0 amide bonds. The van der Waals surface area contributed by atoms with Crippen LogP contribution in [-0.4, -0.2) is 33.3 Å². The molecule has 3 aromatic heterocycles. The van der Waals surface area contributed by atoms with E-state index in [0.29, 0.717) is 5.92 Å². The Hall–Kier alpha value is -1.89. The molecule has 0 spiro atoms. The Bertz CT molecular complexity index is 743. The van der Waals surface area contributed by atoms with Crippen molar-refractivity contribution in [1.82, 2.24) is 15.1 Å². The summed E-state index contributed by atoms with van der Waals surface area (Å²) in [5.74, 6) is 2.15. The maximum atomic E-state index is 10.5. The van der Waals surface area contributed by atoms with Crippen molar-refractivity contribution in [3.8, 4) is 11.5 Å². The minimum atomic E-state index is -0.317. The summed E-state index contributed by atoms with van der Waals surface area (Å²) >= 11 is 1.64. The minimum Gasteiger partial charge on any atom is -0.458 e. The van der Waals surface area contributed by atoms with Crippen molar-refractivity contribution in [2.24, 2.45) is 5.92 Å². The molecule has 0 radical (unpaired) electrons. The largest absolute Gasteiger partial charge is 0.458 e. The van der Waals surface area contributed by atoms with Crippen LogP contribution in [0.3, 0.4) is 0 Å². The third-order valence-electron chi connectivity index (χ3n) is 4.72. The topological polar surface area (TPSA) is 65.3 Å². The number of hydrogen-bond acceptors (Lipinski definition) is 5. The molecule has 1 atom stereocenters. The highest BCUT2D eigenvalue weighted by atomic mass is 32.1. The number of aromatic nitrogens is 2. The van der Waals surface area contributed by atoms with Gasteiger partial charge in [-0.3, -0.25) is 10.00 Å². The van der Waals surface area contributed by atoms with Gasteiger partial charge in [0.2, 0.25) is 0 Å². The van der Waals surface area contributed by atoms with Gasteiger partial charge in [-0.05, 0) is 61.5 Å². The Balaban J connectivity index is 1.32. The standard InChI is InChI=1S/C18H21N3O2S/c22-18(17-2-1-11-24-17)13-6-9-21(10-7-13)12-14-3-4-16(23-14)15-5-8-19-20-15/h1-5,8,11,13,18,22H,6-7,9-10,12H2,(H,19,20)/t18-/m1/s1. The van der Waals surface area contributed by atoms with Gasteiger partial charge in [0.25, 0.3) is 0 Å². The molecule has 0 bridgehead atoms. The first-order valence-corrected chi connectivity index (χ1v) is 9.20. The van der Waals surface area contributed by atoms with Crippen molar-refractivity contribution in [3.05, 3.63) is 52.5 Å². The second kappa shape index (κ2) is 6.93. The zero-order chi connectivity index (χ0) is 16.4. The van der Waals surface area contributed by atoms with E-state index in [1.807, 2.05) is 35.7 Å². The lowest BCUT2D eigenvalue weighted by atomic mass is 9.90. The number of aromatic amines is 1. The SMILES string of the molecule is O[C@@H](c1cccs1)C1CCN(Cc2ccc(-c3ccn[nH]3)o2)CC1. The number of nitrogens with one attached hydrogen (secondary N) is 1. The van der Waals surface area contributed by atoms with Gasteiger partial charge in [0, 0.05) is 11.1 Å². The van der Waals surface area contributed by atoms with Gasteiger partial charge in [-0.15, -0.1) is 11.3 Å². The molecule has 1 fully saturated rings. The molecule has 24 heavy (non-hydrogen) atoms. The quantitative estimate of drug-likeness (QED) is 0.742. The first-order chi connectivity index (χ1) is 11.8. The summed E-state index contributed by atoms with van der Waals surface area (Å²) in [4.78, 5) is 3.48. The Morgan fingerprint density at radius 3 is 2.88 bits per heavy atom. The summed E-state index contributed by atoms with van der Waals surface area (Å²) in [6.07, 6.45) is 3.45. The summed E-state index contributed by atoms with van der Waals surface area (Å²) in [6.45, 7) is 2.80. The monoisotopic (exact) mass is 343 g/mol. The minimum absolute atomic E-state index is 0.317. The second-order valence-electron chi connectivity index (χ2n) is 6.31. The van der Waals surface area contributed by atoms with Crippen LogP contribution >= 0.6 is 11.3 Å². The maximum absolute atomic E-state index is 10.5. The molecule has 4 heterocycles. The fourth-order valence-electron chi connectivity index (χ4n) is 3.34. The number of H-pyrrole nitrogens is 1. The van der Waals surface area contributed by atoms with Crippen LogP contribution in [0.1, 0.15) is 29.6 Å². The van der Waals surface area contributed by atoms with Crippen molar-refractivity contribution in [3.63, 3.8) is 0 Å². The third kappa shape index (κ3) is 3.31. The van der Waals surface area contributed by atoms with E-state index in [0.717, 1.165) is 54.6 Å². The van der Waals surface area contributed by atoms with E-state index >= 15 is 0 Å². The van der Waals surface area contributed by atoms with Crippen LogP contribution in [0.5, 0.6) is 0 Å². The number of aliphatic hydroxyl groups excluding tert-OH is 1. The van der Waals surface area contributed by atoms with Crippen LogP contribution in [-0.2, 0) is 6.54 Å². The number of rotatable bonds is 5. The Morgan fingerprint density at radius 1 is 1.29 bits per heavy atom. The zero-order valence-corrected chi connectivity index (χ0v) is 14.2. The van der Waals surface area contributed by atoms with E-state index in [-0.39, 0.29) is 6.10 Å². The highest BCUT2D eigenvalue weighted by Crippen LogP contribution is 2.33. The fourth-order valence-corrected chi connectivity index (χ4v) is 4.14. The zero-order valence-electron chi connectivity index (χ0n) is 13.4. The van der Waals surface area contributed by atoms with Crippen LogP contribution in [0.15, 0.2) is 46.3 Å². The summed E-state index contributed by atoms with van der Waals surface area (Å²) in [5, 5.41) is 19.4. The molecule has 0 aromatic carbocycles. The first-order valence-electron chi connectivity index (χ1n) is 8.32.